The molecule has 23 heavy (non-hydrogen) atoms. The van der Waals surface area contributed by atoms with E-state index in [1.807, 2.05) is 0 Å². The Morgan fingerprint density at radius 1 is 1.35 bits per heavy atom. The first kappa shape index (κ1) is 15.6. The van der Waals surface area contributed by atoms with Crippen LogP contribution in [0.1, 0.15) is 6.23 Å². The Morgan fingerprint density at radius 3 is 2.87 bits per heavy atom. The van der Waals surface area contributed by atoms with Gasteiger partial charge in [0, 0.05) is 6.54 Å². The lowest BCUT2D eigenvalue weighted by molar-refractivity contribution is -0.137. The van der Waals surface area contributed by atoms with Gasteiger partial charge in [0.15, 0.2) is 23.8 Å². The second kappa shape index (κ2) is 6.04. The largest absolute Gasteiger partial charge is 0.395 e. The van der Waals surface area contributed by atoms with E-state index in [0.717, 1.165) is 0 Å². The number of ether oxygens (including phenoxy) is 1. The van der Waals surface area contributed by atoms with Crippen molar-refractivity contribution in [2.45, 2.75) is 24.5 Å². The summed E-state index contributed by atoms with van der Waals surface area (Å²) in [5.74, 6) is -0.467. The Kier molecular flexibility index (Phi) is 4.09. The Bertz CT molecular complexity index is 721. The lowest BCUT2D eigenvalue weighted by Crippen LogP contribution is -2.43. The normalized spacial score (nSPS) is 27.4. The Morgan fingerprint density at radius 2 is 2.13 bits per heavy atom. The zero-order chi connectivity index (χ0) is 16.6. The second-order valence-corrected chi connectivity index (χ2v) is 5.03. The zero-order valence-corrected chi connectivity index (χ0v) is 11.9. The summed E-state index contributed by atoms with van der Waals surface area (Å²) < 4.78 is 6.84. The van der Waals surface area contributed by atoms with Crippen LogP contribution >= 0.6 is 0 Å². The minimum atomic E-state index is -1.43. The average molecular weight is 324 g/mol. The van der Waals surface area contributed by atoms with Crippen LogP contribution in [-0.4, -0.2) is 72.2 Å². The van der Waals surface area contributed by atoms with Gasteiger partial charge >= 0.3 is 0 Å². The number of nitrogens with zero attached hydrogens (tertiary/aromatic N) is 4. The fourth-order valence-electron chi connectivity index (χ4n) is 2.44. The molecule has 6 N–H and O–H groups in total. The van der Waals surface area contributed by atoms with Crippen LogP contribution in [-0.2, 0) is 9.53 Å². The molecule has 0 aliphatic carbocycles. The van der Waals surface area contributed by atoms with Crippen molar-refractivity contribution in [2.75, 3.05) is 18.9 Å². The lowest BCUT2D eigenvalue weighted by atomic mass is 10.1. The van der Waals surface area contributed by atoms with Gasteiger partial charge < -0.3 is 31.1 Å². The number of nitrogens with two attached hydrogens (primary N) is 1. The molecule has 3 rings (SSSR count). The van der Waals surface area contributed by atoms with Crippen LogP contribution in [0, 0.1) is 0 Å². The van der Waals surface area contributed by atoms with Crippen molar-refractivity contribution < 1.29 is 24.9 Å². The topological polar surface area (TPSA) is 169 Å². The number of rotatable bonds is 4. The number of carbonyl (C=O) groups is 1. The number of imidazole rings is 1. The predicted molar refractivity (Wildman–Crippen MR) is 75.8 cm³/mol. The van der Waals surface area contributed by atoms with E-state index in [1.165, 1.54) is 17.2 Å². The summed E-state index contributed by atoms with van der Waals surface area (Å²) in [6.45, 7) is -0.229. The van der Waals surface area contributed by atoms with Crippen LogP contribution in [0.4, 0.5) is 5.82 Å². The van der Waals surface area contributed by atoms with E-state index in [-0.39, 0.29) is 19.0 Å². The van der Waals surface area contributed by atoms with Gasteiger partial charge in [0.1, 0.15) is 24.1 Å². The molecule has 0 radical (unpaired) electrons. The summed E-state index contributed by atoms with van der Waals surface area (Å²) in [7, 11) is 0. The number of amides is 1. The molecule has 0 spiro atoms. The molecule has 11 heteroatoms. The molecule has 4 atom stereocenters. The van der Waals surface area contributed by atoms with Gasteiger partial charge in [0.2, 0.25) is 0 Å². The van der Waals surface area contributed by atoms with Gasteiger partial charge in [-0.2, -0.15) is 0 Å². The summed E-state index contributed by atoms with van der Waals surface area (Å²) in [4.78, 5) is 23.8. The third-order valence-corrected chi connectivity index (χ3v) is 3.57. The van der Waals surface area contributed by atoms with Gasteiger partial charge in [-0.25, -0.2) is 15.0 Å². The van der Waals surface area contributed by atoms with Crippen LogP contribution in [0.5, 0.6) is 0 Å². The summed E-state index contributed by atoms with van der Waals surface area (Å²) in [6, 6.07) is 0. The van der Waals surface area contributed by atoms with Crippen molar-refractivity contribution in [1.29, 1.82) is 0 Å². The molecule has 2 aromatic heterocycles. The number of hydrogen-bond acceptors (Lipinski definition) is 9. The molecule has 0 bridgehead atoms. The molecular weight excluding hydrogens is 308 g/mol. The fourth-order valence-corrected chi connectivity index (χ4v) is 2.44. The van der Waals surface area contributed by atoms with Crippen LogP contribution < -0.4 is 11.1 Å². The van der Waals surface area contributed by atoms with Gasteiger partial charge in [-0.15, -0.1) is 0 Å². The first-order chi connectivity index (χ1) is 11.0. The highest BCUT2D eigenvalue weighted by atomic mass is 16.6. The quantitative estimate of drug-likeness (QED) is 0.397. The number of anilines is 1. The van der Waals surface area contributed by atoms with E-state index in [0.29, 0.717) is 11.2 Å². The van der Waals surface area contributed by atoms with Gasteiger partial charge in [-0.05, 0) is 0 Å². The number of carbonyl (C=O) groups excluding carboxylic acids is 1. The van der Waals surface area contributed by atoms with Crippen LogP contribution in [0.3, 0.4) is 0 Å². The van der Waals surface area contributed by atoms with Crippen molar-refractivity contribution in [3.8, 4) is 0 Å². The first-order valence-corrected chi connectivity index (χ1v) is 6.87. The van der Waals surface area contributed by atoms with Gasteiger partial charge in [0.25, 0.3) is 5.91 Å². The first-order valence-electron chi connectivity index (χ1n) is 6.87. The van der Waals surface area contributed by atoms with E-state index in [4.69, 9.17) is 15.6 Å². The molecule has 3 heterocycles. The van der Waals surface area contributed by atoms with Crippen molar-refractivity contribution >= 4 is 22.9 Å². The molecule has 1 aliphatic rings. The van der Waals surface area contributed by atoms with Gasteiger partial charge in [-0.1, -0.05) is 0 Å². The average Bonchev–Trinajstić information content (AvgIpc) is 3.09. The predicted octanol–water partition coefficient (Wildman–Crippen LogP) is -2.86. The zero-order valence-electron chi connectivity index (χ0n) is 11.9. The number of nitrogens with one attached hydrogen (secondary N) is 1. The number of hydrogen-bond donors (Lipinski definition) is 5. The maximum absolute atomic E-state index is 11.9. The maximum atomic E-state index is 11.9. The fraction of sp³-hybridized carbons (Fsp3) is 0.500. The van der Waals surface area contributed by atoms with Crippen molar-refractivity contribution in [2.24, 2.45) is 0 Å². The summed E-state index contributed by atoms with van der Waals surface area (Å²) >= 11 is 0. The minimum Gasteiger partial charge on any atom is -0.395 e. The van der Waals surface area contributed by atoms with Gasteiger partial charge in [-0.3, -0.25) is 9.36 Å². The summed E-state index contributed by atoms with van der Waals surface area (Å²) in [5.41, 5.74) is 6.33. The summed E-state index contributed by atoms with van der Waals surface area (Å²) in [6.07, 6.45) is -2.57. The Balaban J connectivity index is 1.88. The Hall–Kier alpha value is -2.34. The van der Waals surface area contributed by atoms with E-state index in [1.54, 1.807) is 0 Å². The molecule has 1 saturated heterocycles. The Labute approximate surface area is 129 Å². The molecule has 1 amide bonds. The molecular formula is C12H16N6O5. The van der Waals surface area contributed by atoms with E-state index >= 15 is 0 Å². The lowest BCUT2D eigenvalue weighted by Gasteiger charge is -2.16. The molecule has 0 saturated carbocycles. The van der Waals surface area contributed by atoms with Gasteiger partial charge in [0.05, 0.1) is 12.9 Å². The standard InChI is InChI=1S/C12H16N6O5/c13-9-5-10(16-3-15-9)18(4-17-5)12-7(21)6(20)8(23-12)11(22)14-1-2-19/h3-4,6-8,12,19-21H,1-2H2,(H,14,22)(H2,13,15,16). The second-order valence-electron chi connectivity index (χ2n) is 5.03. The molecule has 124 valence electrons. The highest BCUT2D eigenvalue weighted by molar-refractivity contribution is 5.82. The molecule has 1 aliphatic heterocycles. The van der Waals surface area contributed by atoms with Crippen molar-refractivity contribution in [3.63, 3.8) is 0 Å². The van der Waals surface area contributed by atoms with E-state index in [2.05, 4.69) is 20.3 Å². The number of aliphatic hydroxyl groups excluding tert-OH is 3. The molecule has 11 nitrogen and oxygen atoms in total. The van der Waals surface area contributed by atoms with Crippen LogP contribution in [0.15, 0.2) is 12.7 Å². The maximum Gasteiger partial charge on any atom is 0.252 e. The highest BCUT2D eigenvalue weighted by Gasteiger charge is 2.47. The number of aromatic nitrogens is 4. The summed E-state index contributed by atoms with van der Waals surface area (Å²) in [5, 5.41) is 31.3. The van der Waals surface area contributed by atoms with Crippen molar-refractivity contribution in [1.82, 2.24) is 24.8 Å². The number of aliphatic hydroxyl groups is 3. The minimum absolute atomic E-state index is 0.0178. The molecule has 2 aromatic rings. The van der Waals surface area contributed by atoms with Crippen LogP contribution in [0.2, 0.25) is 0 Å². The SMILES string of the molecule is Nc1ncnc2c1ncn2C1OC(C(=O)NCCO)C(O)C1O. The van der Waals surface area contributed by atoms with Crippen LogP contribution in [0.25, 0.3) is 11.2 Å². The van der Waals surface area contributed by atoms with Crippen molar-refractivity contribution in [3.05, 3.63) is 12.7 Å². The number of fused-ring (bicyclic) bond motifs is 1. The number of nitrogen functional groups attached to an aromatic ring is 1. The third-order valence-electron chi connectivity index (χ3n) is 3.57. The molecule has 4 unspecified atom stereocenters. The molecule has 0 aromatic carbocycles. The monoisotopic (exact) mass is 324 g/mol. The van der Waals surface area contributed by atoms with E-state index in [9.17, 15) is 15.0 Å². The third kappa shape index (κ3) is 2.59. The van der Waals surface area contributed by atoms with E-state index < -0.39 is 30.4 Å². The smallest absolute Gasteiger partial charge is 0.252 e. The molecule has 1 fully saturated rings. The highest BCUT2D eigenvalue weighted by Crippen LogP contribution is 2.31.